The summed E-state index contributed by atoms with van der Waals surface area (Å²) < 4.78 is 13.3. The van der Waals surface area contributed by atoms with Crippen LogP contribution in [0.2, 0.25) is 0 Å². The van der Waals surface area contributed by atoms with Crippen molar-refractivity contribution in [3.63, 3.8) is 0 Å². The van der Waals surface area contributed by atoms with E-state index in [0.717, 1.165) is 19.3 Å². The van der Waals surface area contributed by atoms with Crippen LogP contribution in [0.4, 0.5) is 10.1 Å². The van der Waals surface area contributed by atoms with Gasteiger partial charge in [-0.05, 0) is 42.9 Å². The van der Waals surface area contributed by atoms with Crippen molar-refractivity contribution in [2.45, 2.75) is 39.2 Å². The molecule has 4 heteroatoms. The highest BCUT2D eigenvalue weighted by Crippen LogP contribution is 2.34. The van der Waals surface area contributed by atoms with Gasteiger partial charge in [0, 0.05) is 11.6 Å². The number of benzene rings is 1. The summed E-state index contributed by atoms with van der Waals surface area (Å²) in [5.74, 6) is 0.395. The minimum atomic E-state index is -0.543. The number of carbonyl (C=O) groups excluding carboxylic acids is 1. The van der Waals surface area contributed by atoms with Crippen molar-refractivity contribution in [2.75, 3.05) is 5.73 Å². The van der Waals surface area contributed by atoms with Crippen LogP contribution in [0.1, 0.15) is 43.5 Å². The molecule has 3 N–H and O–H groups in total. The third kappa shape index (κ3) is 2.88. The minimum Gasteiger partial charge on any atom is -0.396 e. The second kappa shape index (κ2) is 5.59. The molecule has 1 aromatic carbocycles. The molecule has 104 valence electrons. The molecule has 3 atom stereocenters. The van der Waals surface area contributed by atoms with Gasteiger partial charge in [-0.1, -0.05) is 20.3 Å². The van der Waals surface area contributed by atoms with Gasteiger partial charge in [-0.3, -0.25) is 4.79 Å². The van der Waals surface area contributed by atoms with Crippen molar-refractivity contribution in [1.82, 2.24) is 5.32 Å². The van der Waals surface area contributed by atoms with Gasteiger partial charge in [0.1, 0.15) is 5.82 Å². The summed E-state index contributed by atoms with van der Waals surface area (Å²) in [6.07, 6.45) is 3.30. The molecular weight excluding hydrogens is 243 g/mol. The fourth-order valence-corrected chi connectivity index (χ4v) is 2.95. The maximum Gasteiger partial charge on any atom is 0.251 e. The fraction of sp³-hybridized carbons (Fsp3) is 0.533. The Morgan fingerprint density at radius 3 is 2.79 bits per heavy atom. The Morgan fingerprint density at radius 2 is 2.21 bits per heavy atom. The van der Waals surface area contributed by atoms with Crippen molar-refractivity contribution in [3.05, 3.63) is 29.6 Å². The van der Waals surface area contributed by atoms with Crippen LogP contribution in [0.25, 0.3) is 0 Å². The summed E-state index contributed by atoms with van der Waals surface area (Å²) in [6, 6.07) is 4.38. The molecule has 0 radical (unpaired) electrons. The van der Waals surface area contributed by atoms with E-state index in [1.807, 2.05) is 0 Å². The molecule has 1 aromatic rings. The maximum atomic E-state index is 13.3. The van der Waals surface area contributed by atoms with Gasteiger partial charge in [0.2, 0.25) is 0 Å². The van der Waals surface area contributed by atoms with E-state index in [9.17, 15) is 9.18 Å². The number of nitrogen functional groups attached to an aromatic ring is 1. The highest BCUT2D eigenvalue weighted by molar-refractivity contribution is 5.94. The average molecular weight is 264 g/mol. The lowest BCUT2D eigenvalue weighted by molar-refractivity contribution is 0.0926. The van der Waals surface area contributed by atoms with Crippen molar-refractivity contribution in [1.29, 1.82) is 0 Å². The van der Waals surface area contributed by atoms with E-state index in [-0.39, 0.29) is 17.6 Å². The second-order valence-electron chi connectivity index (χ2n) is 5.42. The normalized spacial score (nSPS) is 26.4. The molecule has 19 heavy (non-hydrogen) atoms. The van der Waals surface area contributed by atoms with Gasteiger partial charge in [0.05, 0.1) is 5.69 Å². The Balaban J connectivity index is 2.03. The summed E-state index contributed by atoms with van der Waals surface area (Å²) in [4.78, 5) is 12.1. The number of halogens is 1. The van der Waals surface area contributed by atoms with E-state index in [1.54, 1.807) is 6.07 Å². The monoisotopic (exact) mass is 264 g/mol. The zero-order valence-corrected chi connectivity index (χ0v) is 11.4. The summed E-state index contributed by atoms with van der Waals surface area (Å²) in [7, 11) is 0. The third-order valence-electron chi connectivity index (χ3n) is 4.33. The van der Waals surface area contributed by atoms with Gasteiger partial charge >= 0.3 is 0 Å². The molecule has 0 aromatic heterocycles. The summed E-state index contributed by atoms with van der Waals surface area (Å²) in [5, 5.41) is 3.01. The second-order valence-corrected chi connectivity index (χ2v) is 5.42. The van der Waals surface area contributed by atoms with E-state index >= 15 is 0 Å². The first-order chi connectivity index (χ1) is 9.02. The van der Waals surface area contributed by atoms with Gasteiger partial charge in [0.25, 0.3) is 5.91 Å². The molecule has 1 aliphatic carbocycles. The molecule has 0 aliphatic heterocycles. The summed E-state index contributed by atoms with van der Waals surface area (Å²) in [6.45, 7) is 4.36. The Hall–Kier alpha value is -1.58. The summed E-state index contributed by atoms with van der Waals surface area (Å²) in [5.41, 5.74) is 5.80. The quantitative estimate of drug-likeness (QED) is 0.825. The SMILES string of the molecule is CCC1CCC(NC(=O)c2ccc(N)c(F)c2)C1C. The van der Waals surface area contributed by atoms with Crippen molar-refractivity contribution >= 4 is 11.6 Å². The average Bonchev–Trinajstić information content (AvgIpc) is 2.73. The highest BCUT2D eigenvalue weighted by atomic mass is 19.1. The predicted octanol–water partition coefficient (Wildman–Crippen LogP) is 2.96. The number of hydrogen-bond acceptors (Lipinski definition) is 2. The topological polar surface area (TPSA) is 55.1 Å². The Kier molecular flexibility index (Phi) is 4.08. The van der Waals surface area contributed by atoms with Gasteiger partial charge in [-0.2, -0.15) is 0 Å². The Bertz CT molecular complexity index is 475. The number of nitrogens with one attached hydrogen (secondary N) is 1. The number of hydrogen-bond donors (Lipinski definition) is 2. The first-order valence-electron chi connectivity index (χ1n) is 6.88. The number of rotatable bonds is 3. The van der Waals surface area contributed by atoms with Crippen LogP contribution in [0.3, 0.4) is 0 Å². The van der Waals surface area contributed by atoms with Crippen molar-refractivity contribution in [3.8, 4) is 0 Å². The van der Waals surface area contributed by atoms with Gasteiger partial charge in [-0.15, -0.1) is 0 Å². The highest BCUT2D eigenvalue weighted by Gasteiger charge is 2.32. The molecule has 1 fully saturated rings. The van der Waals surface area contributed by atoms with Crippen LogP contribution in [0, 0.1) is 17.7 Å². The molecule has 3 unspecified atom stereocenters. The standard InChI is InChI=1S/C15H21FN2O/c1-3-10-5-7-14(9(10)2)18-15(19)11-4-6-13(17)12(16)8-11/h4,6,8-10,14H,3,5,7,17H2,1-2H3,(H,18,19). The molecule has 0 heterocycles. The molecule has 0 bridgehead atoms. The van der Waals surface area contributed by atoms with Crippen LogP contribution in [-0.2, 0) is 0 Å². The molecule has 1 amide bonds. The molecular formula is C15H21FN2O. The smallest absolute Gasteiger partial charge is 0.251 e. The molecule has 3 nitrogen and oxygen atoms in total. The Morgan fingerprint density at radius 1 is 1.47 bits per heavy atom. The van der Waals surface area contributed by atoms with Crippen LogP contribution >= 0.6 is 0 Å². The van der Waals surface area contributed by atoms with Crippen molar-refractivity contribution in [2.24, 2.45) is 11.8 Å². The van der Waals surface area contributed by atoms with E-state index in [0.29, 0.717) is 17.4 Å². The van der Waals surface area contributed by atoms with E-state index < -0.39 is 5.82 Å². The zero-order chi connectivity index (χ0) is 14.0. The fourth-order valence-electron chi connectivity index (χ4n) is 2.95. The first-order valence-corrected chi connectivity index (χ1v) is 6.88. The first kappa shape index (κ1) is 13.8. The zero-order valence-electron chi connectivity index (χ0n) is 11.4. The van der Waals surface area contributed by atoms with Crippen LogP contribution in [-0.4, -0.2) is 11.9 Å². The van der Waals surface area contributed by atoms with Crippen molar-refractivity contribution < 1.29 is 9.18 Å². The van der Waals surface area contributed by atoms with Crippen LogP contribution in [0.15, 0.2) is 18.2 Å². The predicted molar refractivity (Wildman–Crippen MR) is 74.2 cm³/mol. The van der Waals surface area contributed by atoms with Gasteiger partial charge in [-0.25, -0.2) is 4.39 Å². The van der Waals surface area contributed by atoms with E-state index in [4.69, 9.17) is 5.73 Å². The molecule has 0 saturated heterocycles. The lowest BCUT2D eigenvalue weighted by Gasteiger charge is -2.21. The Labute approximate surface area is 113 Å². The molecule has 0 spiro atoms. The lowest BCUT2D eigenvalue weighted by Crippen LogP contribution is -2.37. The van der Waals surface area contributed by atoms with E-state index in [2.05, 4.69) is 19.2 Å². The number of amides is 1. The minimum absolute atomic E-state index is 0.0665. The van der Waals surface area contributed by atoms with Crippen LogP contribution in [0.5, 0.6) is 0 Å². The lowest BCUT2D eigenvalue weighted by atomic mass is 9.93. The number of carbonyl (C=O) groups is 1. The maximum absolute atomic E-state index is 13.3. The number of anilines is 1. The summed E-state index contributed by atoms with van der Waals surface area (Å²) >= 11 is 0. The van der Waals surface area contributed by atoms with Gasteiger partial charge < -0.3 is 11.1 Å². The van der Waals surface area contributed by atoms with Crippen LogP contribution < -0.4 is 11.1 Å². The third-order valence-corrected chi connectivity index (χ3v) is 4.33. The van der Waals surface area contributed by atoms with Gasteiger partial charge in [0.15, 0.2) is 0 Å². The molecule has 2 rings (SSSR count). The molecule has 1 aliphatic rings. The molecule has 1 saturated carbocycles. The number of nitrogens with two attached hydrogens (primary N) is 1. The van der Waals surface area contributed by atoms with E-state index in [1.165, 1.54) is 12.1 Å². The largest absolute Gasteiger partial charge is 0.396 e.